The summed E-state index contributed by atoms with van der Waals surface area (Å²) in [7, 11) is 1.70. The highest BCUT2D eigenvalue weighted by Crippen LogP contribution is 2.17. The Balaban J connectivity index is 1.82. The first-order valence-corrected chi connectivity index (χ1v) is 6.35. The van der Waals surface area contributed by atoms with Crippen molar-refractivity contribution >= 4 is 12.0 Å². The molecular weight excluding hydrogens is 224 g/mol. The normalized spacial score (nSPS) is 17.3. The van der Waals surface area contributed by atoms with Gasteiger partial charge in [0.25, 0.3) is 0 Å². The number of rotatable bonds is 4. The number of amides is 1. The van der Waals surface area contributed by atoms with Crippen LogP contribution in [0.3, 0.4) is 0 Å². The molecule has 0 spiro atoms. The van der Waals surface area contributed by atoms with Crippen LogP contribution in [0.2, 0.25) is 0 Å². The molecule has 0 aromatic heterocycles. The summed E-state index contributed by atoms with van der Waals surface area (Å²) < 4.78 is 0. The monoisotopic (exact) mass is 244 g/mol. The lowest BCUT2D eigenvalue weighted by Crippen LogP contribution is -2.53. The third-order valence-corrected chi connectivity index (χ3v) is 3.26. The fourth-order valence-corrected chi connectivity index (χ4v) is 2.30. The predicted octanol–water partition coefficient (Wildman–Crippen LogP) is 1.77. The highest BCUT2D eigenvalue weighted by atomic mass is 16.1. The van der Waals surface area contributed by atoms with Crippen molar-refractivity contribution in [2.24, 2.45) is 5.92 Å². The molecule has 2 rings (SSSR count). The second kappa shape index (κ2) is 5.83. The number of benzene rings is 1. The molecule has 3 heteroatoms. The van der Waals surface area contributed by atoms with E-state index in [1.807, 2.05) is 18.2 Å². The maximum Gasteiger partial charge on any atom is 0.225 e. The van der Waals surface area contributed by atoms with Crippen molar-refractivity contribution in [3.63, 3.8) is 0 Å². The van der Waals surface area contributed by atoms with Crippen molar-refractivity contribution in [3.05, 3.63) is 41.5 Å². The van der Waals surface area contributed by atoms with Crippen molar-refractivity contribution in [2.75, 3.05) is 26.7 Å². The van der Waals surface area contributed by atoms with Gasteiger partial charge in [-0.05, 0) is 12.5 Å². The Labute approximate surface area is 108 Å². The van der Waals surface area contributed by atoms with E-state index in [9.17, 15) is 4.79 Å². The number of nitrogens with zero attached hydrogens (tertiary/aromatic N) is 1. The molecule has 0 aliphatic carbocycles. The Morgan fingerprint density at radius 2 is 2.06 bits per heavy atom. The summed E-state index contributed by atoms with van der Waals surface area (Å²) in [5.74, 6) is 0.343. The average molecular weight is 244 g/mol. The van der Waals surface area contributed by atoms with Crippen LogP contribution in [0.1, 0.15) is 12.5 Å². The van der Waals surface area contributed by atoms with Crippen LogP contribution >= 0.6 is 0 Å². The lowest BCUT2D eigenvalue weighted by Gasteiger charge is -2.38. The van der Waals surface area contributed by atoms with Crippen molar-refractivity contribution in [2.45, 2.75) is 6.92 Å². The number of nitrogens with one attached hydrogen (secondary N) is 1. The van der Waals surface area contributed by atoms with Crippen molar-refractivity contribution in [3.8, 4) is 0 Å². The van der Waals surface area contributed by atoms with E-state index in [1.54, 1.807) is 7.05 Å². The molecule has 18 heavy (non-hydrogen) atoms. The lowest BCUT2D eigenvalue weighted by molar-refractivity contribution is -0.129. The lowest BCUT2D eigenvalue weighted by atomic mass is 9.98. The van der Waals surface area contributed by atoms with Crippen LogP contribution in [-0.4, -0.2) is 37.5 Å². The van der Waals surface area contributed by atoms with Gasteiger partial charge in [0.05, 0.1) is 5.92 Å². The van der Waals surface area contributed by atoms with Crippen LogP contribution in [-0.2, 0) is 4.79 Å². The fraction of sp³-hybridized carbons (Fsp3) is 0.400. The van der Waals surface area contributed by atoms with E-state index in [1.165, 1.54) is 11.1 Å². The zero-order valence-electron chi connectivity index (χ0n) is 11.0. The zero-order valence-corrected chi connectivity index (χ0v) is 11.0. The van der Waals surface area contributed by atoms with Gasteiger partial charge in [-0.2, -0.15) is 0 Å². The second-order valence-corrected chi connectivity index (χ2v) is 4.91. The molecule has 1 fully saturated rings. The summed E-state index contributed by atoms with van der Waals surface area (Å²) >= 11 is 0. The Morgan fingerprint density at radius 1 is 1.39 bits per heavy atom. The molecule has 3 nitrogen and oxygen atoms in total. The van der Waals surface area contributed by atoms with Gasteiger partial charge >= 0.3 is 0 Å². The predicted molar refractivity (Wildman–Crippen MR) is 74.1 cm³/mol. The topological polar surface area (TPSA) is 32.3 Å². The molecule has 0 atom stereocenters. The van der Waals surface area contributed by atoms with E-state index < -0.39 is 0 Å². The number of hydrogen-bond donors (Lipinski definition) is 1. The van der Waals surface area contributed by atoms with Crippen molar-refractivity contribution in [1.82, 2.24) is 10.2 Å². The zero-order chi connectivity index (χ0) is 13.0. The Morgan fingerprint density at radius 3 is 2.67 bits per heavy atom. The summed E-state index contributed by atoms with van der Waals surface area (Å²) in [6.45, 7) is 4.84. The molecule has 0 saturated carbocycles. The molecule has 1 saturated heterocycles. The van der Waals surface area contributed by atoms with Gasteiger partial charge in [0.2, 0.25) is 5.91 Å². The van der Waals surface area contributed by atoms with Gasteiger partial charge < -0.3 is 5.32 Å². The van der Waals surface area contributed by atoms with E-state index in [0.717, 1.165) is 19.6 Å². The second-order valence-electron chi connectivity index (χ2n) is 4.91. The van der Waals surface area contributed by atoms with Crippen LogP contribution in [0.15, 0.2) is 35.9 Å². The molecule has 1 aliphatic rings. The fourth-order valence-electron chi connectivity index (χ4n) is 2.30. The number of carbonyl (C=O) groups is 1. The smallest absolute Gasteiger partial charge is 0.225 e. The molecule has 1 heterocycles. The van der Waals surface area contributed by atoms with Gasteiger partial charge in [-0.3, -0.25) is 9.69 Å². The highest BCUT2D eigenvalue weighted by Gasteiger charge is 2.31. The van der Waals surface area contributed by atoms with Crippen molar-refractivity contribution in [1.29, 1.82) is 0 Å². The van der Waals surface area contributed by atoms with Gasteiger partial charge in [-0.25, -0.2) is 0 Å². The number of likely N-dealkylation sites (tertiary alicyclic amines) is 1. The summed E-state index contributed by atoms with van der Waals surface area (Å²) in [6, 6.07) is 10.3. The van der Waals surface area contributed by atoms with E-state index in [2.05, 4.69) is 35.3 Å². The minimum Gasteiger partial charge on any atom is -0.359 e. The minimum absolute atomic E-state index is 0.163. The van der Waals surface area contributed by atoms with Crippen LogP contribution in [0.4, 0.5) is 0 Å². The molecule has 1 aromatic carbocycles. The Hall–Kier alpha value is -1.61. The Bertz CT molecular complexity index is 433. The molecule has 96 valence electrons. The van der Waals surface area contributed by atoms with Gasteiger partial charge in [0.1, 0.15) is 0 Å². The molecule has 0 unspecified atom stereocenters. The maximum absolute atomic E-state index is 11.4. The van der Waals surface area contributed by atoms with Crippen molar-refractivity contribution < 1.29 is 4.79 Å². The van der Waals surface area contributed by atoms with E-state index in [-0.39, 0.29) is 11.8 Å². The minimum atomic E-state index is 0.163. The maximum atomic E-state index is 11.4. The standard InChI is InChI=1S/C15H20N2O/c1-12(8-13-6-4-3-5-7-13)9-17-10-14(11-17)15(18)16-2/h3-8,14H,9-11H2,1-2H3,(H,16,18)/b12-8+. The quantitative estimate of drug-likeness (QED) is 0.875. The van der Waals surface area contributed by atoms with Crippen LogP contribution in [0.25, 0.3) is 6.08 Å². The third kappa shape index (κ3) is 3.20. The first kappa shape index (κ1) is 12.8. The third-order valence-electron chi connectivity index (χ3n) is 3.26. The number of hydrogen-bond acceptors (Lipinski definition) is 2. The largest absolute Gasteiger partial charge is 0.359 e. The van der Waals surface area contributed by atoms with Crippen LogP contribution in [0, 0.1) is 5.92 Å². The first-order chi connectivity index (χ1) is 8.69. The molecule has 0 radical (unpaired) electrons. The average Bonchev–Trinajstić information content (AvgIpc) is 2.33. The first-order valence-electron chi connectivity index (χ1n) is 6.35. The molecule has 1 amide bonds. The molecule has 1 aliphatic heterocycles. The summed E-state index contributed by atoms with van der Waals surface area (Å²) in [5.41, 5.74) is 2.56. The highest BCUT2D eigenvalue weighted by molar-refractivity contribution is 5.79. The molecular formula is C15H20N2O. The van der Waals surface area contributed by atoms with Gasteiger partial charge in [-0.15, -0.1) is 0 Å². The van der Waals surface area contributed by atoms with Gasteiger partial charge in [0.15, 0.2) is 0 Å². The summed E-state index contributed by atoms with van der Waals surface area (Å²) in [5, 5.41) is 2.70. The number of carbonyl (C=O) groups excluding carboxylic acids is 1. The van der Waals surface area contributed by atoms with Gasteiger partial charge in [-0.1, -0.05) is 42.0 Å². The van der Waals surface area contributed by atoms with E-state index in [4.69, 9.17) is 0 Å². The van der Waals surface area contributed by atoms with Crippen LogP contribution in [0.5, 0.6) is 0 Å². The van der Waals surface area contributed by atoms with E-state index >= 15 is 0 Å². The summed E-state index contributed by atoms with van der Waals surface area (Å²) in [6.07, 6.45) is 2.20. The van der Waals surface area contributed by atoms with Gasteiger partial charge in [0, 0.05) is 26.7 Å². The molecule has 1 N–H and O–H groups in total. The van der Waals surface area contributed by atoms with Crippen LogP contribution < -0.4 is 5.32 Å². The Kier molecular flexibility index (Phi) is 4.15. The summed E-state index contributed by atoms with van der Waals surface area (Å²) in [4.78, 5) is 13.7. The SMILES string of the molecule is CNC(=O)C1CN(C/C(C)=C/c2ccccc2)C1. The van der Waals surface area contributed by atoms with E-state index in [0.29, 0.717) is 0 Å². The molecule has 0 bridgehead atoms. The molecule has 1 aromatic rings.